The lowest BCUT2D eigenvalue weighted by Gasteiger charge is -2.12. The molecule has 0 saturated carbocycles. The number of hydrogen-bond acceptors (Lipinski definition) is 5. The second-order valence-corrected chi connectivity index (χ2v) is 6.97. The highest BCUT2D eigenvalue weighted by Crippen LogP contribution is 2.15. The number of aliphatic hydroxyl groups is 1. The molecule has 114 valence electrons. The summed E-state index contributed by atoms with van der Waals surface area (Å²) in [5.74, 6) is 0. The summed E-state index contributed by atoms with van der Waals surface area (Å²) in [5, 5.41) is 16.7. The molecule has 0 fully saturated rings. The zero-order valence-corrected chi connectivity index (χ0v) is 12.8. The Balaban J connectivity index is 2.21. The van der Waals surface area contributed by atoms with Crippen molar-refractivity contribution in [3.05, 3.63) is 41.7 Å². The highest BCUT2D eigenvalue weighted by molar-refractivity contribution is 7.89. The van der Waals surface area contributed by atoms with Gasteiger partial charge < -0.3 is 5.11 Å². The standard InChI is InChI=1S/C13H18N4O3S/c1-16(2)21(19,20)13-5-3-4-11(8-13)9-17-10-12(6-7-18)14-15-17/h3-5,8,10,18H,6-7,9H2,1-2H3. The van der Waals surface area contributed by atoms with Gasteiger partial charge in [0.2, 0.25) is 10.0 Å². The molecule has 0 saturated heterocycles. The van der Waals surface area contributed by atoms with E-state index < -0.39 is 10.0 Å². The Labute approximate surface area is 123 Å². The van der Waals surface area contributed by atoms with Crippen molar-refractivity contribution in [2.45, 2.75) is 17.9 Å². The number of aliphatic hydroxyl groups excluding tert-OH is 1. The monoisotopic (exact) mass is 310 g/mol. The maximum absolute atomic E-state index is 12.1. The normalized spacial score (nSPS) is 12.0. The Morgan fingerprint density at radius 3 is 2.76 bits per heavy atom. The van der Waals surface area contributed by atoms with E-state index in [1.165, 1.54) is 18.4 Å². The average molecular weight is 310 g/mol. The fourth-order valence-corrected chi connectivity index (χ4v) is 2.82. The quantitative estimate of drug-likeness (QED) is 0.818. The van der Waals surface area contributed by atoms with Gasteiger partial charge >= 0.3 is 0 Å². The summed E-state index contributed by atoms with van der Waals surface area (Å²) in [5.41, 5.74) is 1.52. The Morgan fingerprint density at radius 2 is 2.10 bits per heavy atom. The fourth-order valence-electron chi connectivity index (χ4n) is 1.85. The molecule has 0 unspecified atom stereocenters. The van der Waals surface area contributed by atoms with Gasteiger partial charge in [-0.15, -0.1) is 5.10 Å². The summed E-state index contributed by atoms with van der Waals surface area (Å²) in [4.78, 5) is 0.251. The molecule has 0 atom stereocenters. The van der Waals surface area contributed by atoms with Gasteiger partial charge in [0.15, 0.2) is 0 Å². The predicted octanol–water partition coefficient (Wildman–Crippen LogP) is 0.111. The third kappa shape index (κ3) is 3.66. The van der Waals surface area contributed by atoms with Crippen molar-refractivity contribution in [3.63, 3.8) is 0 Å². The van der Waals surface area contributed by atoms with Crippen molar-refractivity contribution in [1.82, 2.24) is 19.3 Å². The zero-order valence-electron chi connectivity index (χ0n) is 12.0. The van der Waals surface area contributed by atoms with Crippen molar-refractivity contribution in [3.8, 4) is 0 Å². The van der Waals surface area contributed by atoms with Gasteiger partial charge in [0, 0.05) is 33.3 Å². The lowest BCUT2D eigenvalue weighted by molar-refractivity contribution is 0.298. The predicted molar refractivity (Wildman–Crippen MR) is 77.2 cm³/mol. The second-order valence-electron chi connectivity index (χ2n) is 4.82. The Bertz CT molecular complexity index is 710. The molecule has 8 heteroatoms. The molecule has 0 spiro atoms. The first-order chi connectivity index (χ1) is 9.93. The van der Waals surface area contributed by atoms with Gasteiger partial charge in [-0.3, -0.25) is 0 Å². The van der Waals surface area contributed by atoms with E-state index in [4.69, 9.17) is 5.11 Å². The molecule has 0 aliphatic rings. The first-order valence-corrected chi connectivity index (χ1v) is 7.89. The number of benzene rings is 1. The minimum absolute atomic E-state index is 0.0231. The molecule has 7 nitrogen and oxygen atoms in total. The third-order valence-corrected chi connectivity index (χ3v) is 4.79. The summed E-state index contributed by atoms with van der Waals surface area (Å²) in [6.07, 6.45) is 2.19. The van der Waals surface area contributed by atoms with E-state index >= 15 is 0 Å². The Kier molecular flexibility index (Phi) is 4.71. The van der Waals surface area contributed by atoms with E-state index in [-0.39, 0.29) is 11.5 Å². The minimum Gasteiger partial charge on any atom is -0.396 e. The Hall–Kier alpha value is -1.77. The zero-order chi connectivity index (χ0) is 15.5. The van der Waals surface area contributed by atoms with Gasteiger partial charge in [0.25, 0.3) is 0 Å². The maximum atomic E-state index is 12.1. The van der Waals surface area contributed by atoms with Crippen LogP contribution in [-0.2, 0) is 23.0 Å². The summed E-state index contributed by atoms with van der Waals surface area (Å²) in [6.45, 7) is 0.449. The molecule has 0 aliphatic carbocycles. The van der Waals surface area contributed by atoms with E-state index in [1.54, 1.807) is 29.1 Å². The van der Waals surface area contributed by atoms with Crippen LogP contribution in [0.5, 0.6) is 0 Å². The van der Waals surface area contributed by atoms with E-state index in [0.717, 1.165) is 5.56 Å². The van der Waals surface area contributed by atoms with Crippen LogP contribution < -0.4 is 0 Å². The van der Waals surface area contributed by atoms with Gasteiger partial charge in [0.05, 0.1) is 17.1 Å². The molecule has 0 aliphatic heterocycles. The molecule has 21 heavy (non-hydrogen) atoms. The molecule has 1 N–H and O–H groups in total. The van der Waals surface area contributed by atoms with Crippen LogP contribution in [0.25, 0.3) is 0 Å². The molecule has 1 aromatic heterocycles. The molecular weight excluding hydrogens is 292 g/mol. The molecule has 1 heterocycles. The summed E-state index contributed by atoms with van der Waals surface area (Å²) in [7, 11) is -0.439. The molecule has 2 rings (SSSR count). The SMILES string of the molecule is CN(C)S(=O)(=O)c1cccc(Cn2cc(CCO)nn2)c1. The van der Waals surface area contributed by atoms with Crippen LogP contribution >= 0.6 is 0 Å². The summed E-state index contributed by atoms with van der Waals surface area (Å²) >= 11 is 0. The van der Waals surface area contributed by atoms with Crippen LogP contribution in [0.2, 0.25) is 0 Å². The van der Waals surface area contributed by atoms with Crippen LogP contribution in [0.15, 0.2) is 35.4 Å². The largest absolute Gasteiger partial charge is 0.396 e. The topological polar surface area (TPSA) is 88.3 Å². The average Bonchev–Trinajstić information content (AvgIpc) is 2.86. The van der Waals surface area contributed by atoms with Crippen molar-refractivity contribution < 1.29 is 13.5 Å². The number of hydrogen-bond donors (Lipinski definition) is 1. The smallest absolute Gasteiger partial charge is 0.242 e. The third-order valence-electron chi connectivity index (χ3n) is 2.98. The number of nitrogens with zero attached hydrogens (tertiary/aromatic N) is 4. The number of rotatable bonds is 6. The summed E-state index contributed by atoms with van der Waals surface area (Å²) < 4.78 is 27.0. The lowest BCUT2D eigenvalue weighted by Crippen LogP contribution is -2.22. The molecule has 0 amide bonds. The molecular formula is C13H18N4O3S. The molecule has 2 aromatic rings. The van der Waals surface area contributed by atoms with Crippen LogP contribution in [0.3, 0.4) is 0 Å². The van der Waals surface area contributed by atoms with E-state index in [9.17, 15) is 8.42 Å². The summed E-state index contributed by atoms with van der Waals surface area (Å²) in [6, 6.07) is 6.74. The van der Waals surface area contributed by atoms with E-state index in [2.05, 4.69) is 10.3 Å². The van der Waals surface area contributed by atoms with Crippen molar-refractivity contribution >= 4 is 10.0 Å². The number of sulfonamides is 1. The first-order valence-electron chi connectivity index (χ1n) is 6.45. The van der Waals surface area contributed by atoms with Crippen LogP contribution in [0.1, 0.15) is 11.3 Å². The fraction of sp³-hybridized carbons (Fsp3) is 0.385. The van der Waals surface area contributed by atoms with Crippen molar-refractivity contribution in [2.75, 3.05) is 20.7 Å². The van der Waals surface area contributed by atoms with Crippen molar-refractivity contribution in [1.29, 1.82) is 0 Å². The second kappa shape index (κ2) is 6.33. The van der Waals surface area contributed by atoms with Gasteiger partial charge in [0.1, 0.15) is 0 Å². The molecule has 1 aromatic carbocycles. The van der Waals surface area contributed by atoms with Crippen molar-refractivity contribution in [2.24, 2.45) is 0 Å². The maximum Gasteiger partial charge on any atom is 0.242 e. The van der Waals surface area contributed by atoms with Gasteiger partial charge in [-0.25, -0.2) is 17.4 Å². The first kappa shape index (κ1) is 15.6. The lowest BCUT2D eigenvalue weighted by atomic mass is 10.2. The van der Waals surface area contributed by atoms with Crippen LogP contribution in [0.4, 0.5) is 0 Å². The highest BCUT2D eigenvalue weighted by Gasteiger charge is 2.17. The van der Waals surface area contributed by atoms with E-state index in [0.29, 0.717) is 18.7 Å². The van der Waals surface area contributed by atoms with Gasteiger partial charge in [-0.05, 0) is 17.7 Å². The minimum atomic E-state index is -3.44. The van der Waals surface area contributed by atoms with Gasteiger partial charge in [-0.2, -0.15) is 0 Å². The highest BCUT2D eigenvalue weighted by atomic mass is 32.2. The van der Waals surface area contributed by atoms with Crippen LogP contribution in [-0.4, -0.2) is 53.5 Å². The van der Waals surface area contributed by atoms with E-state index in [1.807, 2.05) is 6.07 Å². The molecule has 0 bridgehead atoms. The molecule has 0 radical (unpaired) electrons. The Morgan fingerprint density at radius 1 is 1.33 bits per heavy atom. The van der Waals surface area contributed by atoms with Gasteiger partial charge in [-0.1, -0.05) is 17.3 Å². The number of aromatic nitrogens is 3. The van der Waals surface area contributed by atoms with Crippen LogP contribution in [0, 0.1) is 0 Å².